The van der Waals surface area contributed by atoms with Gasteiger partial charge in [-0.1, -0.05) is 61.5 Å². The Hall–Kier alpha value is -3.60. The molecule has 0 saturated carbocycles. The van der Waals surface area contributed by atoms with Gasteiger partial charge in [-0.05, 0) is 70.6 Å². The van der Waals surface area contributed by atoms with E-state index in [4.69, 9.17) is 13.9 Å². The van der Waals surface area contributed by atoms with Crippen molar-refractivity contribution in [2.75, 3.05) is 0 Å². The minimum Gasteiger partial charge on any atom is -0.490 e. The second kappa shape index (κ2) is 11.6. The topological polar surface area (TPSA) is 61.6 Å². The third-order valence-corrected chi connectivity index (χ3v) is 6.23. The number of carbonyl (C=O) groups is 1. The summed E-state index contributed by atoms with van der Waals surface area (Å²) in [7, 11) is 0. The van der Waals surface area contributed by atoms with E-state index in [2.05, 4.69) is 55.2 Å². The fraction of sp³-hybridized carbons (Fsp3) is 0.375. The number of unbranched alkanes of at least 4 members (excludes halogenated alkanes) is 1. The lowest BCUT2D eigenvalue weighted by molar-refractivity contribution is -0.154. The van der Waals surface area contributed by atoms with Crippen LogP contribution in [-0.2, 0) is 16.0 Å². The van der Waals surface area contributed by atoms with Crippen molar-refractivity contribution in [2.24, 2.45) is 0 Å². The van der Waals surface area contributed by atoms with Gasteiger partial charge in [0.2, 0.25) is 5.71 Å². The highest BCUT2D eigenvalue weighted by Gasteiger charge is 2.23. The molecular weight excluding hydrogens is 462 g/mol. The molecule has 0 aliphatic heterocycles. The number of ether oxygens (including phenoxy) is 2. The van der Waals surface area contributed by atoms with Crippen LogP contribution in [0.15, 0.2) is 71.3 Å². The number of hydrogen-bond donors (Lipinski definition) is 0. The quantitative estimate of drug-likeness (QED) is 0.162. The molecule has 0 fully saturated rings. The lowest BCUT2D eigenvalue weighted by atomic mass is 9.97. The van der Waals surface area contributed by atoms with Crippen LogP contribution in [0.25, 0.3) is 33.6 Å². The first-order chi connectivity index (χ1) is 17.7. The van der Waals surface area contributed by atoms with Crippen LogP contribution < -0.4 is 4.74 Å². The Morgan fingerprint density at radius 3 is 2.38 bits per heavy atom. The van der Waals surface area contributed by atoms with Gasteiger partial charge in [-0.15, -0.1) is 0 Å². The molecule has 2 aromatic carbocycles. The van der Waals surface area contributed by atoms with Gasteiger partial charge in [0.25, 0.3) is 0 Å². The standard InChI is InChI=1S/C32H37NO4/c1-6-23-16-18-24(19-17-23)28-29-26(35-22(2)12-10-11-15-27(34)37-32(3,4)5)20-21-33-31(29)36-30(28)25-13-8-7-9-14-25/h7-9,13-14,16-22H,6,10-12,15H2,1-5H3/t22-/m1/s1. The minimum atomic E-state index is -0.446. The highest BCUT2D eigenvalue weighted by Crippen LogP contribution is 2.44. The van der Waals surface area contributed by atoms with E-state index in [-0.39, 0.29) is 12.1 Å². The second-order valence-corrected chi connectivity index (χ2v) is 10.5. The highest BCUT2D eigenvalue weighted by molar-refractivity contribution is 6.03. The molecule has 1 atom stereocenters. The molecule has 0 bridgehead atoms. The molecule has 0 unspecified atom stereocenters. The van der Waals surface area contributed by atoms with Gasteiger partial charge in [0, 0.05) is 23.7 Å². The Morgan fingerprint density at radius 2 is 1.70 bits per heavy atom. The third kappa shape index (κ3) is 6.79. The smallest absolute Gasteiger partial charge is 0.306 e. The number of furan rings is 1. The summed E-state index contributed by atoms with van der Waals surface area (Å²) in [5, 5.41) is 0.881. The Morgan fingerprint density at radius 1 is 0.973 bits per heavy atom. The number of aryl methyl sites for hydroxylation is 1. The number of esters is 1. The summed E-state index contributed by atoms with van der Waals surface area (Å²) in [6.07, 6.45) is 5.58. The SMILES string of the molecule is CCc1ccc(-c2c(-c3ccccc3)oc3nccc(O[C@H](C)CCCCC(=O)OC(C)(C)C)c23)cc1. The van der Waals surface area contributed by atoms with E-state index in [1.54, 1.807) is 6.20 Å². The zero-order valence-electron chi connectivity index (χ0n) is 22.5. The molecule has 2 aromatic heterocycles. The molecule has 4 aromatic rings. The van der Waals surface area contributed by atoms with Gasteiger partial charge in [-0.3, -0.25) is 4.79 Å². The highest BCUT2D eigenvalue weighted by atomic mass is 16.6. The second-order valence-electron chi connectivity index (χ2n) is 10.5. The normalized spacial score (nSPS) is 12.5. The molecule has 0 spiro atoms. The van der Waals surface area contributed by atoms with Crippen molar-refractivity contribution in [1.29, 1.82) is 0 Å². The van der Waals surface area contributed by atoms with Gasteiger partial charge in [-0.2, -0.15) is 0 Å². The zero-order valence-corrected chi connectivity index (χ0v) is 22.5. The van der Waals surface area contributed by atoms with Crippen molar-refractivity contribution in [3.63, 3.8) is 0 Å². The number of hydrogen-bond acceptors (Lipinski definition) is 5. The van der Waals surface area contributed by atoms with Crippen LogP contribution in [0.4, 0.5) is 0 Å². The largest absolute Gasteiger partial charge is 0.490 e. The Balaban J connectivity index is 1.58. The van der Waals surface area contributed by atoms with Gasteiger partial charge in [0.05, 0.1) is 11.5 Å². The van der Waals surface area contributed by atoms with Crippen LogP contribution in [0.2, 0.25) is 0 Å². The number of carbonyl (C=O) groups excluding carboxylic acids is 1. The number of pyridine rings is 1. The number of rotatable bonds is 10. The number of fused-ring (bicyclic) bond motifs is 1. The third-order valence-electron chi connectivity index (χ3n) is 6.23. The van der Waals surface area contributed by atoms with E-state index >= 15 is 0 Å². The molecule has 0 N–H and O–H groups in total. The Kier molecular flexibility index (Phi) is 8.32. The first-order valence-electron chi connectivity index (χ1n) is 13.2. The molecule has 5 heteroatoms. The summed E-state index contributed by atoms with van der Waals surface area (Å²) in [6.45, 7) is 9.89. The van der Waals surface area contributed by atoms with Gasteiger partial charge < -0.3 is 13.9 Å². The minimum absolute atomic E-state index is 0.0328. The maximum atomic E-state index is 12.0. The number of aromatic nitrogens is 1. The van der Waals surface area contributed by atoms with Crippen molar-refractivity contribution in [2.45, 2.75) is 78.4 Å². The van der Waals surface area contributed by atoms with Crippen molar-refractivity contribution in [3.8, 4) is 28.2 Å². The molecule has 194 valence electrons. The van der Waals surface area contributed by atoms with Gasteiger partial charge in [0.1, 0.15) is 17.1 Å². The van der Waals surface area contributed by atoms with E-state index in [0.717, 1.165) is 59.3 Å². The summed E-state index contributed by atoms with van der Waals surface area (Å²) >= 11 is 0. The van der Waals surface area contributed by atoms with Crippen LogP contribution in [-0.4, -0.2) is 22.7 Å². The maximum Gasteiger partial charge on any atom is 0.306 e. The van der Waals surface area contributed by atoms with Crippen molar-refractivity contribution < 1.29 is 18.7 Å². The molecule has 0 amide bonds. The van der Waals surface area contributed by atoms with Crippen molar-refractivity contribution in [1.82, 2.24) is 4.98 Å². The van der Waals surface area contributed by atoms with E-state index in [9.17, 15) is 4.79 Å². The summed E-state index contributed by atoms with van der Waals surface area (Å²) in [4.78, 5) is 16.5. The van der Waals surface area contributed by atoms with Crippen LogP contribution >= 0.6 is 0 Å². The molecule has 0 aliphatic rings. The predicted molar refractivity (Wildman–Crippen MR) is 149 cm³/mol. The van der Waals surface area contributed by atoms with Crippen LogP contribution in [0.5, 0.6) is 5.75 Å². The first kappa shape index (κ1) is 26.5. The summed E-state index contributed by atoms with van der Waals surface area (Å²) in [5.41, 5.74) is 4.45. The monoisotopic (exact) mass is 499 g/mol. The number of nitrogens with zero attached hydrogens (tertiary/aromatic N) is 1. The molecule has 4 rings (SSSR count). The fourth-order valence-corrected chi connectivity index (χ4v) is 4.44. The van der Waals surface area contributed by atoms with E-state index < -0.39 is 5.60 Å². The Labute approximate surface area is 219 Å². The summed E-state index contributed by atoms with van der Waals surface area (Å²) in [5.74, 6) is 1.39. The van der Waals surface area contributed by atoms with Gasteiger partial charge >= 0.3 is 5.97 Å². The lowest BCUT2D eigenvalue weighted by Crippen LogP contribution is -2.23. The van der Waals surface area contributed by atoms with Crippen molar-refractivity contribution >= 4 is 17.1 Å². The lowest BCUT2D eigenvalue weighted by Gasteiger charge is -2.19. The predicted octanol–water partition coefficient (Wildman–Crippen LogP) is 8.39. The van der Waals surface area contributed by atoms with Crippen LogP contribution in [0.3, 0.4) is 0 Å². The average Bonchev–Trinajstić information content (AvgIpc) is 3.27. The summed E-state index contributed by atoms with van der Waals surface area (Å²) in [6, 6.07) is 20.6. The molecule has 2 heterocycles. The molecule has 0 aliphatic carbocycles. The Bertz CT molecular complexity index is 1320. The average molecular weight is 500 g/mol. The van der Waals surface area contributed by atoms with Crippen LogP contribution in [0, 0.1) is 0 Å². The molecule has 37 heavy (non-hydrogen) atoms. The molecule has 0 saturated heterocycles. The van der Waals surface area contributed by atoms with Gasteiger partial charge in [0.15, 0.2) is 0 Å². The first-order valence-corrected chi connectivity index (χ1v) is 13.2. The van der Waals surface area contributed by atoms with E-state index in [1.165, 1.54) is 5.56 Å². The molecule has 0 radical (unpaired) electrons. The number of benzene rings is 2. The fourth-order valence-electron chi connectivity index (χ4n) is 4.44. The van der Waals surface area contributed by atoms with Crippen LogP contribution in [0.1, 0.15) is 65.9 Å². The molecule has 5 nitrogen and oxygen atoms in total. The molecular formula is C32H37NO4. The van der Waals surface area contributed by atoms with E-state index in [0.29, 0.717) is 12.1 Å². The van der Waals surface area contributed by atoms with E-state index in [1.807, 2.05) is 45.0 Å². The van der Waals surface area contributed by atoms with Gasteiger partial charge in [-0.25, -0.2) is 4.98 Å². The van der Waals surface area contributed by atoms with Crippen molar-refractivity contribution in [3.05, 3.63) is 72.4 Å². The zero-order chi connectivity index (χ0) is 26.4. The summed E-state index contributed by atoms with van der Waals surface area (Å²) < 4.78 is 18.2. The maximum absolute atomic E-state index is 12.0.